The first kappa shape index (κ1) is 17.5. The molecule has 1 saturated heterocycles. The molecule has 0 bridgehead atoms. The normalized spacial score (nSPS) is 15.4. The predicted molar refractivity (Wildman–Crippen MR) is 94.5 cm³/mol. The van der Waals surface area contributed by atoms with Crippen LogP contribution >= 0.6 is 0 Å². The molecule has 0 aliphatic carbocycles. The van der Waals surface area contributed by atoms with Gasteiger partial charge in [0.25, 0.3) is 5.91 Å². The minimum absolute atomic E-state index is 0.143. The minimum Gasteiger partial charge on any atom is -0.339 e. The fourth-order valence-corrected chi connectivity index (χ4v) is 3.35. The van der Waals surface area contributed by atoms with Gasteiger partial charge in [-0.2, -0.15) is 0 Å². The van der Waals surface area contributed by atoms with Crippen molar-refractivity contribution in [1.29, 1.82) is 0 Å². The monoisotopic (exact) mass is 344 g/mol. The van der Waals surface area contributed by atoms with Crippen LogP contribution < -0.4 is 5.32 Å². The molecule has 25 heavy (non-hydrogen) atoms. The summed E-state index contributed by atoms with van der Waals surface area (Å²) >= 11 is 0. The molecule has 1 aliphatic rings. The number of nitrogens with zero attached hydrogens (tertiary/aromatic N) is 1. The number of amides is 1. The van der Waals surface area contributed by atoms with Gasteiger partial charge in [0.1, 0.15) is 11.6 Å². The number of carbonyl (C=O) groups excluding carboxylic acids is 1. The fourth-order valence-electron chi connectivity index (χ4n) is 3.35. The van der Waals surface area contributed by atoms with Gasteiger partial charge in [0.05, 0.1) is 0 Å². The third-order valence-corrected chi connectivity index (χ3v) is 4.89. The summed E-state index contributed by atoms with van der Waals surface area (Å²) in [6.45, 7) is 3.08. The summed E-state index contributed by atoms with van der Waals surface area (Å²) in [6.07, 6.45) is 1.80. The van der Waals surface area contributed by atoms with E-state index in [1.165, 1.54) is 18.2 Å². The highest BCUT2D eigenvalue weighted by Crippen LogP contribution is 2.28. The van der Waals surface area contributed by atoms with Crippen LogP contribution in [0.2, 0.25) is 0 Å². The first-order valence-electron chi connectivity index (χ1n) is 8.52. The maximum atomic E-state index is 14.6. The molecule has 132 valence electrons. The van der Waals surface area contributed by atoms with E-state index in [1.807, 2.05) is 7.05 Å². The van der Waals surface area contributed by atoms with Crippen molar-refractivity contribution in [2.45, 2.75) is 25.8 Å². The molecule has 1 amide bonds. The number of benzene rings is 2. The summed E-state index contributed by atoms with van der Waals surface area (Å²) in [4.78, 5) is 14.4. The molecule has 2 aromatic carbocycles. The molecule has 1 heterocycles. The summed E-state index contributed by atoms with van der Waals surface area (Å²) < 4.78 is 27.8. The smallest absolute Gasteiger partial charge is 0.253 e. The minimum atomic E-state index is -0.467. The average molecular weight is 344 g/mol. The lowest BCUT2D eigenvalue weighted by Gasteiger charge is -2.31. The summed E-state index contributed by atoms with van der Waals surface area (Å²) in [5.41, 5.74) is 2.02. The SMILES string of the molecule is CNC1CCN(C(=O)c2ccc(-c3ccc(F)cc3C)c(F)c2)CC1. The van der Waals surface area contributed by atoms with Crippen LogP contribution in [-0.2, 0) is 0 Å². The third-order valence-electron chi connectivity index (χ3n) is 4.89. The number of halogens is 2. The average Bonchev–Trinajstić information content (AvgIpc) is 2.62. The Labute approximate surface area is 146 Å². The van der Waals surface area contributed by atoms with Gasteiger partial charge in [0, 0.05) is 30.3 Å². The van der Waals surface area contributed by atoms with Crippen LogP contribution in [0.4, 0.5) is 8.78 Å². The zero-order chi connectivity index (χ0) is 18.0. The Balaban J connectivity index is 1.81. The quantitative estimate of drug-likeness (QED) is 0.919. The number of likely N-dealkylation sites (tertiary alicyclic amines) is 1. The fraction of sp³-hybridized carbons (Fsp3) is 0.350. The van der Waals surface area contributed by atoms with Crippen molar-refractivity contribution in [3.63, 3.8) is 0 Å². The van der Waals surface area contributed by atoms with E-state index in [0.29, 0.717) is 41.4 Å². The number of hydrogen-bond acceptors (Lipinski definition) is 2. The van der Waals surface area contributed by atoms with Gasteiger partial charge in [0.2, 0.25) is 0 Å². The van der Waals surface area contributed by atoms with Gasteiger partial charge < -0.3 is 10.2 Å². The van der Waals surface area contributed by atoms with E-state index < -0.39 is 5.82 Å². The van der Waals surface area contributed by atoms with E-state index in [0.717, 1.165) is 12.8 Å². The molecule has 5 heteroatoms. The highest BCUT2D eigenvalue weighted by Gasteiger charge is 2.23. The summed E-state index contributed by atoms with van der Waals surface area (Å²) in [5.74, 6) is -0.958. The van der Waals surface area contributed by atoms with Crippen molar-refractivity contribution in [3.8, 4) is 11.1 Å². The van der Waals surface area contributed by atoms with E-state index in [1.54, 1.807) is 30.0 Å². The number of aryl methyl sites for hydroxylation is 1. The molecule has 0 unspecified atom stereocenters. The summed E-state index contributed by atoms with van der Waals surface area (Å²) in [7, 11) is 1.92. The van der Waals surface area contributed by atoms with Gasteiger partial charge in [-0.25, -0.2) is 8.78 Å². The van der Waals surface area contributed by atoms with Crippen LogP contribution in [0.3, 0.4) is 0 Å². The zero-order valence-electron chi connectivity index (χ0n) is 14.5. The Morgan fingerprint density at radius 2 is 1.76 bits per heavy atom. The lowest BCUT2D eigenvalue weighted by Crippen LogP contribution is -2.43. The number of rotatable bonds is 3. The summed E-state index contributed by atoms with van der Waals surface area (Å²) in [5, 5.41) is 3.22. The predicted octanol–water partition coefficient (Wildman–Crippen LogP) is 3.76. The van der Waals surface area contributed by atoms with Crippen LogP contribution in [0.25, 0.3) is 11.1 Å². The molecule has 0 atom stereocenters. The molecule has 1 fully saturated rings. The standard InChI is InChI=1S/C20H22F2N2O/c1-13-11-15(21)4-6-17(13)18-5-3-14(12-19(18)22)20(25)24-9-7-16(23-2)8-10-24/h3-6,11-12,16,23H,7-10H2,1-2H3. The Hall–Kier alpha value is -2.27. The van der Waals surface area contributed by atoms with Crippen molar-refractivity contribution >= 4 is 5.91 Å². The van der Waals surface area contributed by atoms with E-state index in [-0.39, 0.29) is 11.7 Å². The third kappa shape index (κ3) is 3.71. The molecule has 0 saturated carbocycles. The maximum absolute atomic E-state index is 14.6. The topological polar surface area (TPSA) is 32.3 Å². The number of piperidine rings is 1. The highest BCUT2D eigenvalue weighted by molar-refractivity contribution is 5.95. The molecule has 3 rings (SSSR count). The molecule has 1 aliphatic heterocycles. The van der Waals surface area contributed by atoms with Gasteiger partial charge >= 0.3 is 0 Å². The lowest BCUT2D eigenvalue weighted by molar-refractivity contribution is 0.0707. The van der Waals surface area contributed by atoms with Gasteiger partial charge in [-0.3, -0.25) is 4.79 Å². The van der Waals surface area contributed by atoms with Crippen LogP contribution in [0.1, 0.15) is 28.8 Å². The van der Waals surface area contributed by atoms with Gasteiger partial charge in [0.15, 0.2) is 0 Å². The molecule has 0 radical (unpaired) electrons. The van der Waals surface area contributed by atoms with E-state index >= 15 is 0 Å². The van der Waals surface area contributed by atoms with Gasteiger partial charge in [-0.1, -0.05) is 12.1 Å². The second-order valence-electron chi connectivity index (χ2n) is 6.51. The molecule has 0 spiro atoms. The van der Waals surface area contributed by atoms with Crippen molar-refractivity contribution < 1.29 is 13.6 Å². The second-order valence-corrected chi connectivity index (χ2v) is 6.51. The summed E-state index contributed by atoms with van der Waals surface area (Å²) in [6, 6.07) is 9.21. The molecule has 3 nitrogen and oxygen atoms in total. The van der Waals surface area contributed by atoms with Crippen LogP contribution in [0, 0.1) is 18.6 Å². The van der Waals surface area contributed by atoms with Crippen LogP contribution in [-0.4, -0.2) is 37.0 Å². The molecule has 2 aromatic rings. The van der Waals surface area contributed by atoms with Gasteiger partial charge in [-0.15, -0.1) is 0 Å². The highest BCUT2D eigenvalue weighted by atomic mass is 19.1. The Morgan fingerprint density at radius 3 is 2.36 bits per heavy atom. The Kier molecular flexibility index (Phi) is 5.13. The lowest BCUT2D eigenvalue weighted by atomic mass is 9.98. The number of carbonyl (C=O) groups is 1. The second kappa shape index (κ2) is 7.31. The number of hydrogen-bond donors (Lipinski definition) is 1. The van der Waals surface area contributed by atoms with Crippen molar-refractivity contribution in [2.24, 2.45) is 0 Å². The van der Waals surface area contributed by atoms with Crippen LogP contribution in [0.5, 0.6) is 0 Å². The molecular weight excluding hydrogens is 322 g/mol. The largest absolute Gasteiger partial charge is 0.339 e. The first-order chi connectivity index (χ1) is 12.0. The molecule has 0 aromatic heterocycles. The van der Waals surface area contributed by atoms with Crippen molar-refractivity contribution in [1.82, 2.24) is 10.2 Å². The number of nitrogens with one attached hydrogen (secondary N) is 1. The molecular formula is C20H22F2N2O. The van der Waals surface area contributed by atoms with E-state index in [4.69, 9.17) is 0 Å². The Morgan fingerprint density at radius 1 is 1.08 bits per heavy atom. The molecule has 1 N–H and O–H groups in total. The maximum Gasteiger partial charge on any atom is 0.253 e. The van der Waals surface area contributed by atoms with E-state index in [2.05, 4.69) is 5.32 Å². The van der Waals surface area contributed by atoms with E-state index in [9.17, 15) is 13.6 Å². The zero-order valence-corrected chi connectivity index (χ0v) is 14.5. The van der Waals surface area contributed by atoms with Crippen molar-refractivity contribution in [3.05, 3.63) is 59.2 Å². The van der Waals surface area contributed by atoms with Crippen LogP contribution in [0.15, 0.2) is 36.4 Å². The van der Waals surface area contributed by atoms with Crippen molar-refractivity contribution in [2.75, 3.05) is 20.1 Å². The van der Waals surface area contributed by atoms with Gasteiger partial charge in [-0.05, 0) is 62.2 Å². The Bertz CT molecular complexity index is 783. The first-order valence-corrected chi connectivity index (χ1v) is 8.52.